The maximum atomic E-state index is 12.6. The van der Waals surface area contributed by atoms with E-state index in [2.05, 4.69) is 13.8 Å². The largest absolute Gasteiger partial charge is 0.395 e. The molecule has 3 heteroatoms. The third kappa shape index (κ3) is 2.49. The minimum Gasteiger partial charge on any atom is -0.395 e. The molecule has 1 N–H and O–H groups in total. The van der Waals surface area contributed by atoms with Gasteiger partial charge < -0.3 is 10.0 Å². The molecule has 98 valence electrons. The highest BCUT2D eigenvalue weighted by Gasteiger charge is 2.42. The van der Waals surface area contributed by atoms with E-state index in [1.165, 1.54) is 12.8 Å². The van der Waals surface area contributed by atoms with Crippen molar-refractivity contribution in [1.29, 1.82) is 0 Å². The topological polar surface area (TPSA) is 40.5 Å². The summed E-state index contributed by atoms with van der Waals surface area (Å²) in [4.78, 5) is 14.6. The first-order valence-corrected chi connectivity index (χ1v) is 6.97. The van der Waals surface area contributed by atoms with Crippen molar-refractivity contribution in [2.45, 2.75) is 58.4 Å². The average molecular weight is 239 g/mol. The number of carbonyl (C=O) groups excluding carboxylic acids is 1. The van der Waals surface area contributed by atoms with E-state index in [4.69, 9.17) is 5.11 Å². The van der Waals surface area contributed by atoms with Crippen LogP contribution in [-0.2, 0) is 4.79 Å². The molecular formula is C14H25NO2. The molecule has 0 aromatic rings. The number of hydrogen-bond donors (Lipinski definition) is 1. The van der Waals surface area contributed by atoms with E-state index in [9.17, 15) is 4.79 Å². The van der Waals surface area contributed by atoms with Gasteiger partial charge in [-0.25, -0.2) is 0 Å². The predicted octanol–water partition coefficient (Wildman–Crippen LogP) is 2.19. The molecule has 2 rings (SSSR count). The minimum absolute atomic E-state index is 0.0926. The fourth-order valence-electron chi connectivity index (χ4n) is 3.26. The molecule has 2 fully saturated rings. The number of amides is 1. The molecular weight excluding hydrogens is 214 g/mol. The fraction of sp³-hybridized carbons (Fsp3) is 0.929. The summed E-state index contributed by atoms with van der Waals surface area (Å²) in [6.07, 6.45) is 6.83. The molecule has 1 unspecified atom stereocenters. The summed E-state index contributed by atoms with van der Waals surface area (Å²) in [5.74, 6) is 0.473. The third-order valence-electron chi connectivity index (χ3n) is 4.69. The van der Waals surface area contributed by atoms with Crippen molar-refractivity contribution in [2.75, 3.05) is 13.2 Å². The van der Waals surface area contributed by atoms with Crippen LogP contribution in [-0.4, -0.2) is 35.1 Å². The van der Waals surface area contributed by atoms with Crippen LogP contribution in [0.3, 0.4) is 0 Å². The molecule has 0 saturated heterocycles. The first-order valence-electron chi connectivity index (χ1n) is 6.97. The molecule has 0 aromatic carbocycles. The lowest BCUT2D eigenvalue weighted by Crippen LogP contribution is -2.49. The molecule has 0 bridgehead atoms. The summed E-state index contributed by atoms with van der Waals surface area (Å²) in [5, 5.41) is 9.13. The van der Waals surface area contributed by atoms with Crippen LogP contribution in [0.1, 0.15) is 52.4 Å². The van der Waals surface area contributed by atoms with Crippen LogP contribution in [0, 0.1) is 11.3 Å². The second kappa shape index (κ2) is 4.97. The summed E-state index contributed by atoms with van der Waals surface area (Å²) >= 11 is 0. The Balaban J connectivity index is 2.04. The molecule has 2 aliphatic carbocycles. The monoisotopic (exact) mass is 239 g/mol. The van der Waals surface area contributed by atoms with Crippen molar-refractivity contribution in [3.05, 3.63) is 0 Å². The zero-order chi connectivity index (χ0) is 12.5. The van der Waals surface area contributed by atoms with E-state index >= 15 is 0 Å². The second-order valence-corrected chi connectivity index (χ2v) is 6.27. The second-order valence-electron chi connectivity index (χ2n) is 6.27. The van der Waals surface area contributed by atoms with E-state index in [1.807, 2.05) is 4.90 Å². The molecule has 2 saturated carbocycles. The van der Waals surface area contributed by atoms with Crippen molar-refractivity contribution < 1.29 is 9.90 Å². The first kappa shape index (κ1) is 12.9. The van der Waals surface area contributed by atoms with Gasteiger partial charge in [-0.2, -0.15) is 0 Å². The van der Waals surface area contributed by atoms with Gasteiger partial charge in [-0.3, -0.25) is 4.79 Å². The Morgan fingerprint density at radius 1 is 1.29 bits per heavy atom. The highest BCUT2D eigenvalue weighted by molar-refractivity contribution is 5.80. The lowest BCUT2D eigenvalue weighted by atomic mass is 9.80. The molecule has 0 spiro atoms. The normalized spacial score (nSPS) is 27.8. The molecule has 1 amide bonds. The van der Waals surface area contributed by atoms with Crippen molar-refractivity contribution in [3.8, 4) is 0 Å². The predicted molar refractivity (Wildman–Crippen MR) is 67.6 cm³/mol. The highest BCUT2D eigenvalue weighted by Crippen LogP contribution is 2.44. The summed E-state index contributed by atoms with van der Waals surface area (Å²) in [5.41, 5.74) is 0.147. The maximum Gasteiger partial charge on any atom is 0.226 e. The Bertz CT molecular complexity index is 284. The Hall–Kier alpha value is -0.570. The number of aliphatic hydroxyl groups excluding tert-OH is 1. The number of hydrogen-bond acceptors (Lipinski definition) is 2. The SMILES string of the molecule is CC1(C)CCCC1C(=O)N(CCO)C1CCC1. The van der Waals surface area contributed by atoms with Crippen molar-refractivity contribution in [2.24, 2.45) is 11.3 Å². The quantitative estimate of drug-likeness (QED) is 0.817. The Kier molecular flexibility index (Phi) is 3.76. The van der Waals surface area contributed by atoms with Crippen LogP contribution in [0.4, 0.5) is 0 Å². The summed E-state index contributed by atoms with van der Waals surface area (Å²) in [6, 6.07) is 0.408. The third-order valence-corrected chi connectivity index (χ3v) is 4.69. The van der Waals surface area contributed by atoms with Crippen LogP contribution < -0.4 is 0 Å². The van der Waals surface area contributed by atoms with Crippen LogP contribution >= 0.6 is 0 Å². The Labute approximate surface area is 104 Å². The fourth-order valence-corrected chi connectivity index (χ4v) is 3.26. The molecule has 1 atom stereocenters. The number of rotatable bonds is 4. The first-order chi connectivity index (χ1) is 8.06. The van der Waals surface area contributed by atoms with Gasteiger partial charge in [0.15, 0.2) is 0 Å². The lowest BCUT2D eigenvalue weighted by molar-refractivity contribution is -0.143. The van der Waals surface area contributed by atoms with E-state index in [0.29, 0.717) is 18.5 Å². The van der Waals surface area contributed by atoms with Crippen LogP contribution in [0.2, 0.25) is 0 Å². The number of carbonyl (C=O) groups is 1. The standard InChI is InChI=1S/C14H25NO2/c1-14(2)8-4-7-12(14)13(17)15(9-10-16)11-5-3-6-11/h11-12,16H,3-10H2,1-2H3. The van der Waals surface area contributed by atoms with Gasteiger partial charge in [0.05, 0.1) is 6.61 Å². The van der Waals surface area contributed by atoms with Crippen LogP contribution in [0.15, 0.2) is 0 Å². The summed E-state index contributed by atoms with van der Waals surface area (Å²) in [7, 11) is 0. The zero-order valence-electron chi connectivity index (χ0n) is 11.1. The molecule has 17 heavy (non-hydrogen) atoms. The van der Waals surface area contributed by atoms with Gasteiger partial charge in [-0.15, -0.1) is 0 Å². The Morgan fingerprint density at radius 2 is 2.00 bits per heavy atom. The highest BCUT2D eigenvalue weighted by atomic mass is 16.3. The van der Waals surface area contributed by atoms with Gasteiger partial charge in [-0.05, 0) is 37.5 Å². The van der Waals surface area contributed by atoms with Gasteiger partial charge in [0.1, 0.15) is 0 Å². The van der Waals surface area contributed by atoms with Crippen LogP contribution in [0.5, 0.6) is 0 Å². The number of nitrogens with zero attached hydrogens (tertiary/aromatic N) is 1. The molecule has 3 nitrogen and oxygen atoms in total. The van der Waals surface area contributed by atoms with Crippen molar-refractivity contribution >= 4 is 5.91 Å². The minimum atomic E-state index is 0.0926. The zero-order valence-corrected chi connectivity index (χ0v) is 11.1. The molecule has 0 aromatic heterocycles. The van der Waals surface area contributed by atoms with Gasteiger partial charge in [0.25, 0.3) is 0 Å². The summed E-state index contributed by atoms with van der Waals surface area (Å²) in [6.45, 7) is 5.03. The average Bonchev–Trinajstić information content (AvgIpc) is 2.54. The smallest absolute Gasteiger partial charge is 0.226 e. The number of aliphatic hydroxyl groups is 1. The van der Waals surface area contributed by atoms with Gasteiger partial charge in [0, 0.05) is 18.5 Å². The Morgan fingerprint density at radius 3 is 2.41 bits per heavy atom. The van der Waals surface area contributed by atoms with Gasteiger partial charge >= 0.3 is 0 Å². The van der Waals surface area contributed by atoms with Gasteiger partial charge in [0.2, 0.25) is 5.91 Å². The van der Waals surface area contributed by atoms with E-state index < -0.39 is 0 Å². The molecule has 0 heterocycles. The summed E-state index contributed by atoms with van der Waals surface area (Å²) < 4.78 is 0. The van der Waals surface area contributed by atoms with Crippen molar-refractivity contribution in [1.82, 2.24) is 4.90 Å². The van der Waals surface area contributed by atoms with E-state index in [-0.39, 0.29) is 17.9 Å². The van der Waals surface area contributed by atoms with Crippen molar-refractivity contribution in [3.63, 3.8) is 0 Å². The van der Waals surface area contributed by atoms with E-state index in [0.717, 1.165) is 25.7 Å². The molecule has 2 aliphatic rings. The van der Waals surface area contributed by atoms with Gasteiger partial charge in [-0.1, -0.05) is 20.3 Å². The lowest BCUT2D eigenvalue weighted by Gasteiger charge is -2.40. The maximum absolute atomic E-state index is 12.6. The molecule has 0 radical (unpaired) electrons. The van der Waals surface area contributed by atoms with Crippen LogP contribution in [0.25, 0.3) is 0 Å². The van der Waals surface area contributed by atoms with E-state index in [1.54, 1.807) is 0 Å². The molecule has 0 aliphatic heterocycles.